The third kappa shape index (κ3) is 3.59. The van der Waals surface area contributed by atoms with Crippen molar-refractivity contribution in [3.63, 3.8) is 0 Å². The Bertz CT molecular complexity index is 1140. The van der Waals surface area contributed by atoms with Gasteiger partial charge < -0.3 is 10.1 Å². The molecule has 31 heavy (non-hydrogen) atoms. The lowest BCUT2D eigenvalue weighted by Crippen LogP contribution is -2.36. The van der Waals surface area contributed by atoms with E-state index in [0.29, 0.717) is 6.07 Å². The zero-order chi connectivity index (χ0) is 21.5. The highest BCUT2D eigenvalue weighted by atomic mass is 19.1. The number of hydrogen-bond donors (Lipinski definition) is 1. The Hall–Kier alpha value is -3.19. The molecule has 0 unspecified atom stereocenters. The summed E-state index contributed by atoms with van der Waals surface area (Å²) in [5.74, 6) is -3.01. The average Bonchev–Trinajstić information content (AvgIpc) is 3.37. The molecule has 4 nitrogen and oxygen atoms in total. The van der Waals surface area contributed by atoms with Crippen molar-refractivity contribution in [2.45, 2.75) is 31.0 Å². The number of halogens is 3. The maximum absolute atomic E-state index is 14.7. The lowest BCUT2D eigenvalue weighted by molar-refractivity contribution is -0.121. The zero-order valence-electron chi connectivity index (χ0n) is 16.4. The number of nitrogens with one attached hydrogen (secondary N) is 1. The molecule has 2 bridgehead atoms. The number of carbonyl (C=O) groups excluding carboxylic acids is 1. The summed E-state index contributed by atoms with van der Waals surface area (Å²) in [7, 11) is 0. The van der Waals surface area contributed by atoms with Crippen molar-refractivity contribution in [3.05, 3.63) is 83.9 Å². The molecule has 1 N–H and O–H groups in total. The molecule has 0 aliphatic carbocycles. The molecule has 5 rings (SSSR count). The van der Waals surface area contributed by atoms with E-state index in [1.54, 1.807) is 12.4 Å². The molecule has 0 saturated carbocycles. The highest BCUT2D eigenvalue weighted by molar-refractivity contribution is 5.94. The van der Waals surface area contributed by atoms with Crippen LogP contribution in [0.1, 0.15) is 24.3 Å². The maximum Gasteiger partial charge on any atom is 0.230 e. The number of fused-ring (bicyclic) bond motifs is 2. The van der Waals surface area contributed by atoms with Crippen molar-refractivity contribution >= 4 is 11.6 Å². The van der Waals surface area contributed by atoms with Gasteiger partial charge in [0.05, 0.1) is 18.1 Å². The Labute approximate surface area is 177 Å². The van der Waals surface area contributed by atoms with Crippen molar-refractivity contribution in [1.29, 1.82) is 0 Å². The molecule has 3 heterocycles. The van der Waals surface area contributed by atoms with Crippen molar-refractivity contribution in [3.8, 4) is 11.1 Å². The first-order valence-corrected chi connectivity index (χ1v) is 10.1. The predicted molar refractivity (Wildman–Crippen MR) is 109 cm³/mol. The summed E-state index contributed by atoms with van der Waals surface area (Å²) in [6.45, 7) is 0. The van der Waals surface area contributed by atoms with Gasteiger partial charge in [-0.2, -0.15) is 0 Å². The van der Waals surface area contributed by atoms with Crippen LogP contribution in [0.3, 0.4) is 0 Å². The molecule has 2 saturated heterocycles. The lowest BCUT2D eigenvalue weighted by Gasteiger charge is -2.27. The monoisotopic (exact) mass is 424 g/mol. The van der Waals surface area contributed by atoms with E-state index in [-0.39, 0.29) is 40.8 Å². The van der Waals surface area contributed by atoms with E-state index in [0.717, 1.165) is 30.5 Å². The third-order valence-corrected chi connectivity index (χ3v) is 6.12. The Kier molecular flexibility index (Phi) is 4.98. The highest BCUT2D eigenvalue weighted by Crippen LogP contribution is 2.49. The van der Waals surface area contributed by atoms with Crippen LogP contribution < -0.4 is 5.32 Å². The van der Waals surface area contributed by atoms with Gasteiger partial charge in [-0.05, 0) is 60.9 Å². The van der Waals surface area contributed by atoms with Gasteiger partial charge in [0.25, 0.3) is 0 Å². The van der Waals surface area contributed by atoms with E-state index in [9.17, 15) is 18.0 Å². The van der Waals surface area contributed by atoms with Gasteiger partial charge >= 0.3 is 0 Å². The Morgan fingerprint density at radius 3 is 2.29 bits per heavy atom. The Morgan fingerprint density at radius 2 is 1.58 bits per heavy atom. The number of ether oxygens (including phenoxy) is 1. The van der Waals surface area contributed by atoms with Crippen molar-refractivity contribution in [1.82, 2.24) is 4.98 Å². The minimum atomic E-state index is -0.852. The molecule has 2 aliphatic rings. The van der Waals surface area contributed by atoms with Crippen molar-refractivity contribution in [2.24, 2.45) is 5.92 Å². The number of rotatable bonds is 4. The normalized spacial score (nSPS) is 24.4. The number of anilines is 1. The topological polar surface area (TPSA) is 51.2 Å². The number of nitrogens with zero attached hydrogens (tertiary/aromatic N) is 1. The molecule has 2 aliphatic heterocycles. The van der Waals surface area contributed by atoms with Gasteiger partial charge in [-0.25, -0.2) is 13.2 Å². The van der Waals surface area contributed by atoms with E-state index < -0.39 is 23.4 Å². The van der Waals surface area contributed by atoms with Crippen molar-refractivity contribution < 1.29 is 22.7 Å². The fourth-order valence-electron chi connectivity index (χ4n) is 4.76. The summed E-state index contributed by atoms with van der Waals surface area (Å²) in [6.07, 6.45) is 4.89. The average molecular weight is 424 g/mol. The summed E-state index contributed by atoms with van der Waals surface area (Å²) in [5, 5.41) is 2.78. The molecule has 0 spiro atoms. The largest absolute Gasteiger partial charge is 0.373 e. The van der Waals surface area contributed by atoms with Gasteiger partial charge in [0.15, 0.2) is 0 Å². The molecule has 158 valence electrons. The second kappa shape index (κ2) is 7.81. The van der Waals surface area contributed by atoms with Gasteiger partial charge in [-0.15, -0.1) is 0 Å². The second-order valence-electron chi connectivity index (χ2n) is 7.93. The van der Waals surface area contributed by atoms with Gasteiger partial charge in [-0.1, -0.05) is 0 Å². The van der Waals surface area contributed by atoms with E-state index in [4.69, 9.17) is 4.74 Å². The number of benzene rings is 2. The summed E-state index contributed by atoms with van der Waals surface area (Å²) in [4.78, 5) is 17.2. The molecule has 0 radical (unpaired) electrons. The Balaban J connectivity index is 1.38. The first-order chi connectivity index (χ1) is 15.0. The summed E-state index contributed by atoms with van der Waals surface area (Å²) in [6, 6.07) is 10.8. The zero-order valence-corrected chi connectivity index (χ0v) is 16.4. The molecule has 2 fully saturated rings. The quantitative estimate of drug-likeness (QED) is 0.637. The van der Waals surface area contributed by atoms with Crippen LogP contribution in [0.5, 0.6) is 0 Å². The molecule has 3 aromatic rings. The highest BCUT2D eigenvalue weighted by Gasteiger charge is 2.52. The fraction of sp³-hybridized carbons (Fsp3) is 0.250. The van der Waals surface area contributed by atoms with Crippen LogP contribution in [0, 0.1) is 23.4 Å². The molecule has 1 aromatic heterocycles. The molecule has 4 atom stereocenters. The van der Waals surface area contributed by atoms with E-state index in [1.807, 2.05) is 12.1 Å². The van der Waals surface area contributed by atoms with Crippen molar-refractivity contribution in [2.75, 3.05) is 5.32 Å². The minimum Gasteiger partial charge on any atom is -0.373 e. The number of pyridine rings is 1. The number of carbonyl (C=O) groups is 1. The van der Waals surface area contributed by atoms with Gasteiger partial charge in [0.2, 0.25) is 5.91 Å². The van der Waals surface area contributed by atoms with Gasteiger partial charge in [-0.3, -0.25) is 9.78 Å². The molecular formula is C24H19F3N2O2. The summed E-state index contributed by atoms with van der Waals surface area (Å²) < 4.78 is 47.9. The maximum atomic E-state index is 14.7. The van der Waals surface area contributed by atoms with Crippen LogP contribution in [0.2, 0.25) is 0 Å². The lowest BCUT2D eigenvalue weighted by atomic mass is 9.75. The standard InChI is InChI=1S/C24H19F3N2O2/c25-14-1-3-16(18(26)11-14)17-4-2-15(12-19(17)27)29-24(30)23-21-6-5-20(31-21)22(23)13-7-9-28-10-8-13/h1-4,7-12,20-23H,5-6H2,(H,29,30)/t20-,21+,22-,23+/m0/s1. The van der Waals surface area contributed by atoms with Crippen LogP contribution in [0.15, 0.2) is 60.9 Å². The SMILES string of the molecule is O=C(Nc1ccc(-c2ccc(F)cc2F)c(F)c1)[C@H]1[C@@H](c2ccncc2)[C@@H]2CC[C@H]1O2. The first kappa shape index (κ1) is 19.8. The third-order valence-electron chi connectivity index (χ3n) is 6.12. The molecule has 2 aromatic carbocycles. The van der Waals surface area contributed by atoms with E-state index in [1.165, 1.54) is 18.2 Å². The van der Waals surface area contributed by atoms with E-state index >= 15 is 0 Å². The number of aromatic nitrogens is 1. The van der Waals surface area contributed by atoms with E-state index in [2.05, 4.69) is 10.3 Å². The minimum absolute atomic E-state index is 0.00609. The van der Waals surface area contributed by atoms with Gasteiger partial charge in [0.1, 0.15) is 17.5 Å². The molecule has 7 heteroatoms. The number of hydrogen-bond acceptors (Lipinski definition) is 3. The molecule has 1 amide bonds. The van der Waals surface area contributed by atoms with Crippen LogP contribution >= 0.6 is 0 Å². The first-order valence-electron chi connectivity index (χ1n) is 10.1. The van der Waals surface area contributed by atoms with Crippen LogP contribution in [-0.4, -0.2) is 23.1 Å². The molecular weight excluding hydrogens is 405 g/mol. The van der Waals surface area contributed by atoms with Gasteiger partial charge in [0, 0.05) is 41.2 Å². The number of amides is 1. The van der Waals surface area contributed by atoms with Crippen LogP contribution in [-0.2, 0) is 9.53 Å². The Morgan fingerprint density at radius 1 is 0.903 bits per heavy atom. The summed E-state index contributed by atoms with van der Waals surface area (Å²) in [5.41, 5.74) is 1.21. The fourth-order valence-corrected chi connectivity index (χ4v) is 4.76. The second-order valence-corrected chi connectivity index (χ2v) is 7.93. The van der Waals surface area contributed by atoms with Crippen LogP contribution in [0.4, 0.5) is 18.9 Å². The summed E-state index contributed by atoms with van der Waals surface area (Å²) >= 11 is 0. The smallest absolute Gasteiger partial charge is 0.230 e. The van der Waals surface area contributed by atoms with Crippen LogP contribution in [0.25, 0.3) is 11.1 Å². The predicted octanol–water partition coefficient (Wildman–Crippen LogP) is 5.07.